The molecule has 0 saturated carbocycles. The van der Waals surface area contributed by atoms with Crippen LogP contribution in [-0.2, 0) is 0 Å². The molecule has 4 aromatic rings. The summed E-state index contributed by atoms with van der Waals surface area (Å²) >= 11 is 0. The van der Waals surface area contributed by atoms with Gasteiger partial charge in [0.15, 0.2) is 0 Å². The highest BCUT2D eigenvalue weighted by molar-refractivity contribution is 5.88. The minimum atomic E-state index is -1.20. The van der Waals surface area contributed by atoms with Crippen LogP contribution < -0.4 is 0 Å². The van der Waals surface area contributed by atoms with Gasteiger partial charge in [-0.3, -0.25) is 0 Å². The highest BCUT2D eigenvalue weighted by Gasteiger charge is 2.17. The summed E-state index contributed by atoms with van der Waals surface area (Å²) in [7, 11) is 0. The summed E-state index contributed by atoms with van der Waals surface area (Å²) in [6.07, 6.45) is 0. The van der Waals surface area contributed by atoms with E-state index in [-0.39, 0.29) is 22.8 Å². The van der Waals surface area contributed by atoms with E-state index >= 15 is 0 Å². The Labute approximate surface area is 166 Å². The van der Waals surface area contributed by atoms with Crippen LogP contribution in [0, 0.1) is 19.7 Å². The van der Waals surface area contributed by atoms with Crippen molar-refractivity contribution in [2.45, 2.75) is 13.8 Å². The minimum Gasteiger partial charge on any atom is -0.478 e. The first-order valence-electron chi connectivity index (χ1n) is 8.98. The van der Waals surface area contributed by atoms with E-state index in [0.717, 1.165) is 28.3 Å². The maximum Gasteiger partial charge on any atom is 0.335 e. The molecule has 0 unspecified atom stereocenters. The third-order valence-corrected chi connectivity index (χ3v) is 4.79. The van der Waals surface area contributed by atoms with Crippen molar-refractivity contribution in [1.29, 1.82) is 0 Å². The Morgan fingerprint density at radius 3 is 2.34 bits per heavy atom. The van der Waals surface area contributed by atoms with Gasteiger partial charge in [0.1, 0.15) is 5.82 Å². The summed E-state index contributed by atoms with van der Waals surface area (Å²) in [5, 5.41) is 12.8. The molecule has 4 rings (SSSR count). The maximum absolute atomic E-state index is 14.3. The second-order valence-corrected chi connectivity index (χ2v) is 6.77. The maximum atomic E-state index is 14.3. The molecule has 1 heterocycles. The van der Waals surface area contributed by atoms with Gasteiger partial charge in [-0.1, -0.05) is 35.5 Å². The average Bonchev–Trinajstić information content (AvgIpc) is 3.18. The molecule has 0 aliphatic rings. The van der Waals surface area contributed by atoms with Gasteiger partial charge in [0.25, 0.3) is 5.89 Å². The second-order valence-electron chi connectivity index (χ2n) is 6.77. The van der Waals surface area contributed by atoms with Crippen molar-refractivity contribution < 1.29 is 18.8 Å². The zero-order valence-electron chi connectivity index (χ0n) is 15.8. The molecule has 6 heteroatoms. The number of rotatable bonds is 4. The molecule has 0 aliphatic carbocycles. The Kier molecular flexibility index (Phi) is 4.68. The molecule has 0 amide bonds. The first-order chi connectivity index (χ1) is 13.9. The van der Waals surface area contributed by atoms with Gasteiger partial charge in [-0.05, 0) is 66.4 Å². The van der Waals surface area contributed by atoms with Gasteiger partial charge < -0.3 is 9.63 Å². The summed E-state index contributed by atoms with van der Waals surface area (Å²) in [5.74, 6) is -1.59. The van der Waals surface area contributed by atoms with Crippen LogP contribution in [-0.4, -0.2) is 21.2 Å². The topological polar surface area (TPSA) is 76.2 Å². The number of aryl methyl sites for hydroxylation is 2. The summed E-state index contributed by atoms with van der Waals surface area (Å²) in [6.45, 7) is 4.07. The predicted molar refractivity (Wildman–Crippen MR) is 107 cm³/mol. The Bertz CT molecular complexity index is 1230. The van der Waals surface area contributed by atoms with Gasteiger partial charge in [0.05, 0.1) is 11.1 Å². The molecule has 0 aliphatic heterocycles. The lowest BCUT2D eigenvalue weighted by Crippen LogP contribution is -1.98. The Morgan fingerprint density at radius 2 is 1.66 bits per heavy atom. The van der Waals surface area contributed by atoms with E-state index in [1.54, 1.807) is 0 Å². The van der Waals surface area contributed by atoms with Crippen LogP contribution >= 0.6 is 0 Å². The van der Waals surface area contributed by atoms with E-state index < -0.39 is 11.8 Å². The lowest BCUT2D eigenvalue weighted by atomic mass is 9.95. The minimum absolute atomic E-state index is 0.0649. The van der Waals surface area contributed by atoms with Crippen LogP contribution in [0.25, 0.3) is 34.0 Å². The Hall–Kier alpha value is -3.80. The summed E-state index contributed by atoms with van der Waals surface area (Å²) < 4.78 is 19.6. The molecule has 0 saturated heterocycles. The van der Waals surface area contributed by atoms with Gasteiger partial charge in [0, 0.05) is 5.56 Å². The van der Waals surface area contributed by atoms with Crippen molar-refractivity contribution in [2.24, 2.45) is 0 Å². The number of aromatic nitrogens is 2. The van der Waals surface area contributed by atoms with Crippen LogP contribution in [0.3, 0.4) is 0 Å². The van der Waals surface area contributed by atoms with Crippen LogP contribution in [0.5, 0.6) is 0 Å². The fraction of sp³-hybridized carbons (Fsp3) is 0.0870. The summed E-state index contributed by atoms with van der Waals surface area (Å²) in [4.78, 5) is 15.2. The smallest absolute Gasteiger partial charge is 0.335 e. The van der Waals surface area contributed by atoms with Crippen molar-refractivity contribution in [2.75, 3.05) is 0 Å². The molecule has 0 radical (unpaired) electrons. The van der Waals surface area contributed by atoms with Crippen LogP contribution in [0.1, 0.15) is 21.5 Å². The number of carbonyl (C=O) groups is 1. The summed E-state index contributed by atoms with van der Waals surface area (Å²) in [6, 6.07) is 17.6. The molecule has 29 heavy (non-hydrogen) atoms. The number of nitrogens with zero attached hydrogens (tertiary/aromatic N) is 2. The molecule has 0 spiro atoms. The van der Waals surface area contributed by atoms with Crippen molar-refractivity contribution in [1.82, 2.24) is 10.1 Å². The standard InChI is InChI=1S/C23H17FN2O3/c1-13-5-3-4-6-17(13)18-9-7-15(11-14(18)2)22-25-21(26-29-22)19-10-8-16(23(27)28)12-20(19)24/h3-12H,1-2H3,(H,27,28). The lowest BCUT2D eigenvalue weighted by Gasteiger charge is -2.10. The van der Waals surface area contributed by atoms with Crippen LogP contribution in [0.15, 0.2) is 65.2 Å². The van der Waals surface area contributed by atoms with Gasteiger partial charge in [-0.25, -0.2) is 9.18 Å². The average molecular weight is 388 g/mol. The number of halogens is 1. The van der Waals surface area contributed by atoms with Crippen LogP contribution in [0.4, 0.5) is 4.39 Å². The fourth-order valence-electron chi connectivity index (χ4n) is 3.25. The Morgan fingerprint density at radius 1 is 0.931 bits per heavy atom. The molecular formula is C23H17FN2O3. The van der Waals surface area contributed by atoms with E-state index in [1.165, 1.54) is 17.7 Å². The summed E-state index contributed by atoms with van der Waals surface area (Å²) in [5.41, 5.74) is 5.17. The molecule has 5 nitrogen and oxygen atoms in total. The number of benzene rings is 3. The molecule has 0 atom stereocenters. The highest BCUT2D eigenvalue weighted by Crippen LogP contribution is 2.31. The molecule has 1 N–H and O–H groups in total. The SMILES string of the molecule is Cc1ccccc1-c1ccc(-c2nc(-c3ccc(C(=O)O)cc3F)no2)cc1C. The quantitative estimate of drug-likeness (QED) is 0.498. The predicted octanol–water partition coefficient (Wildman–Crippen LogP) is 5.52. The van der Waals surface area contributed by atoms with Gasteiger partial charge in [0.2, 0.25) is 5.82 Å². The van der Waals surface area contributed by atoms with E-state index in [2.05, 4.69) is 29.2 Å². The van der Waals surface area contributed by atoms with E-state index in [0.29, 0.717) is 0 Å². The van der Waals surface area contributed by atoms with E-state index in [1.807, 2.05) is 37.3 Å². The zero-order chi connectivity index (χ0) is 20.5. The first kappa shape index (κ1) is 18.6. The van der Waals surface area contributed by atoms with Gasteiger partial charge >= 0.3 is 5.97 Å². The normalized spacial score (nSPS) is 10.9. The van der Waals surface area contributed by atoms with Crippen molar-refractivity contribution in [3.63, 3.8) is 0 Å². The molecule has 3 aromatic carbocycles. The number of carboxylic acids is 1. The second kappa shape index (κ2) is 7.31. The largest absolute Gasteiger partial charge is 0.478 e. The first-order valence-corrected chi connectivity index (χ1v) is 8.98. The van der Waals surface area contributed by atoms with E-state index in [4.69, 9.17) is 9.63 Å². The third kappa shape index (κ3) is 3.52. The highest BCUT2D eigenvalue weighted by atomic mass is 19.1. The molecular weight excluding hydrogens is 371 g/mol. The molecule has 0 fully saturated rings. The lowest BCUT2D eigenvalue weighted by molar-refractivity contribution is 0.0696. The van der Waals surface area contributed by atoms with E-state index in [9.17, 15) is 9.18 Å². The van der Waals surface area contributed by atoms with Crippen molar-refractivity contribution >= 4 is 5.97 Å². The number of hydrogen-bond donors (Lipinski definition) is 1. The van der Waals surface area contributed by atoms with Gasteiger partial charge in [-0.2, -0.15) is 4.98 Å². The van der Waals surface area contributed by atoms with Crippen LogP contribution in [0.2, 0.25) is 0 Å². The van der Waals surface area contributed by atoms with Gasteiger partial charge in [-0.15, -0.1) is 0 Å². The number of aromatic carboxylic acids is 1. The molecule has 0 bridgehead atoms. The molecule has 144 valence electrons. The fourth-order valence-corrected chi connectivity index (χ4v) is 3.25. The molecule has 1 aromatic heterocycles. The zero-order valence-corrected chi connectivity index (χ0v) is 15.8. The van der Waals surface area contributed by atoms with Crippen molar-refractivity contribution in [3.05, 3.63) is 83.2 Å². The monoisotopic (exact) mass is 388 g/mol. The Balaban J connectivity index is 1.68. The number of carboxylic acid groups (broad SMARTS) is 1. The number of hydrogen-bond acceptors (Lipinski definition) is 4. The third-order valence-electron chi connectivity index (χ3n) is 4.79. The van der Waals surface area contributed by atoms with Crippen molar-refractivity contribution in [3.8, 4) is 34.0 Å².